The number of anilines is 5. The lowest BCUT2D eigenvalue weighted by molar-refractivity contribution is -0.137. The van der Waals surface area contributed by atoms with Gasteiger partial charge in [0.1, 0.15) is 0 Å². The van der Waals surface area contributed by atoms with Gasteiger partial charge in [-0.05, 0) is 84.3 Å². The molecule has 5 heterocycles. The second kappa shape index (κ2) is 13.1. The van der Waals surface area contributed by atoms with Crippen molar-refractivity contribution in [2.75, 3.05) is 29.0 Å². The number of hydrogen-bond acceptors (Lipinski definition) is 10. The van der Waals surface area contributed by atoms with Gasteiger partial charge in [0.25, 0.3) is 0 Å². The normalized spacial score (nSPS) is 17.2. The van der Waals surface area contributed by atoms with Gasteiger partial charge in [0.2, 0.25) is 23.7 Å². The first-order valence-electron chi connectivity index (χ1n) is 17.3. The number of carbonyl (C=O) groups is 3. The molecule has 3 aromatic carbocycles. The quantitative estimate of drug-likeness (QED) is 0.171. The molecule has 3 amide bonds. The van der Waals surface area contributed by atoms with Crippen LogP contribution in [0.1, 0.15) is 46.2 Å². The van der Waals surface area contributed by atoms with Crippen LogP contribution in [0.3, 0.4) is 0 Å². The lowest BCUT2D eigenvalue weighted by Crippen LogP contribution is -2.50. The van der Waals surface area contributed by atoms with Crippen LogP contribution in [0.5, 0.6) is 0 Å². The molecule has 1 atom stereocenters. The predicted octanol–water partition coefficient (Wildman–Crippen LogP) is 4.58. The Hall–Kier alpha value is -5.82. The molecule has 8 rings (SSSR count). The first-order valence-corrected chi connectivity index (χ1v) is 17.3. The fraction of sp³-hybridized carbons (Fsp3) is 0.316. The van der Waals surface area contributed by atoms with Crippen LogP contribution in [-0.4, -0.2) is 66.4 Å². The summed E-state index contributed by atoms with van der Waals surface area (Å²) in [5.74, 6) is 0.775. The molecular formula is C38H40N10O3. The first kappa shape index (κ1) is 32.4. The Morgan fingerprint density at radius 3 is 2.47 bits per heavy atom. The standard InChI is InChI=1S/C38H40N10O3/c1-22-5-4-6-23(2)34(22)43-35-30-17-40-38(44-36(30)46(3)45-35)41-29-10-7-24-13-14-47(20-26(24)16-29)33(50)18-39-28-9-8-25-19-48(21-27(25)15-28)31-11-12-32(49)42-37(31)51/h4-10,15-17,31,39H,11-14,18-21H2,1-3H3,(H,43,45)(H,40,41,44)(H,42,49,51). The van der Waals surface area contributed by atoms with Crippen molar-refractivity contribution in [2.24, 2.45) is 7.05 Å². The van der Waals surface area contributed by atoms with Gasteiger partial charge in [-0.1, -0.05) is 30.3 Å². The van der Waals surface area contributed by atoms with Crippen molar-refractivity contribution in [2.45, 2.75) is 58.8 Å². The molecule has 5 aromatic rings. The molecule has 3 aliphatic heterocycles. The number of hydrogen-bond donors (Lipinski definition) is 4. The Bertz CT molecular complexity index is 2190. The SMILES string of the molecule is Cc1cccc(C)c1Nc1nn(C)c2nc(Nc3ccc4c(c3)CN(C(=O)CNc3ccc5c(c3)CN(C3CCC(=O)NC3=O)C5)CC4)ncc12. The van der Waals surface area contributed by atoms with Crippen LogP contribution in [0.2, 0.25) is 0 Å². The Labute approximate surface area is 295 Å². The number of imide groups is 1. The maximum atomic E-state index is 13.4. The molecule has 1 fully saturated rings. The minimum atomic E-state index is -0.298. The van der Waals surface area contributed by atoms with Crippen molar-refractivity contribution in [3.63, 3.8) is 0 Å². The third-order valence-corrected chi connectivity index (χ3v) is 10.2. The lowest BCUT2D eigenvalue weighted by atomic mass is 9.99. The smallest absolute Gasteiger partial charge is 0.243 e. The number of benzene rings is 3. The maximum Gasteiger partial charge on any atom is 0.243 e. The molecule has 1 saturated heterocycles. The molecule has 4 N–H and O–H groups in total. The van der Waals surface area contributed by atoms with Crippen LogP contribution < -0.4 is 21.3 Å². The van der Waals surface area contributed by atoms with Gasteiger partial charge in [0, 0.05) is 62.9 Å². The summed E-state index contributed by atoms with van der Waals surface area (Å²) in [6, 6.07) is 18.2. The Morgan fingerprint density at radius 1 is 0.902 bits per heavy atom. The summed E-state index contributed by atoms with van der Waals surface area (Å²) >= 11 is 0. The number of fused-ring (bicyclic) bond motifs is 3. The topological polar surface area (TPSA) is 149 Å². The first-order chi connectivity index (χ1) is 24.7. The monoisotopic (exact) mass is 684 g/mol. The molecule has 0 bridgehead atoms. The minimum Gasteiger partial charge on any atom is -0.376 e. The number of amides is 3. The number of aromatic nitrogens is 4. The number of para-hydroxylation sites is 1. The molecule has 0 aliphatic carbocycles. The number of aryl methyl sites for hydroxylation is 3. The third kappa shape index (κ3) is 6.47. The van der Waals surface area contributed by atoms with E-state index in [2.05, 4.69) is 86.5 Å². The van der Waals surface area contributed by atoms with Crippen LogP contribution in [0.25, 0.3) is 11.0 Å². The molecule has 0 radical (unpaired) electrons. The molecular weight excluding hydrogens is 644 g/mol. The highest BCUT2D eigenvalue weighted by Crippen LogP contribution is 2.31. The summed E-state index contributed by atoms with van der Waals surface area (Å²) in [4.78, 5) is 50.7. The van der Waals surface area contributed by atoms with Crippen LogP contribution in [0, 0.1) is 13.8 Å². The van der Waals surface area contributed by atoms with Gasteiger partial charge in [-0.3, -0.25) is 24.6 Å². The van der Waals surface area contributed by atoms with Gasteiger partial charge in [0.15, 0.2) is 11.5 Å². The van der Waals surface area contributed by atoms with Crippen LogP contribution >= 0.6 is 0 Å². The van der Waals surface area contributed by atoms with E-state index < -0.39 is 0 Å². The zero-order chi connectivity index (χ0) is 35.2. The molecule has 1 unspecified atom stereocenters. The van der Waals surface area contributed by atoms with Gasteiger partial charge in [-0.25, -0.2) is 9.67 Å². The highest BCUT2D eigenvalue weighted by atomic mass is 16.2. The number of piperidine rings is 1. The van der Waals surface area contributed by atoms with Gasteiger partial charge < -0.3 is 20.9 Å². The maximum absolute atomic E-state index is 13.4. The minimum absolute atomic E-state index is 0.0278. The molecule has 51 heavy (non-hydrogen) atoms. The Balaban J connectivity index is 0.892. The van der Waals surface area contributed by atoms with Crippen LogP contribution in [-0.2, 0) is 47.5 Å². The molecule has 2 aromatic heterocycles. The van der Waals surface area contributed by atoms with E-state index in [0.29, 0.717) is 56.4 Å². The second-order valence-electron chi connectivity index (χ2n) is 13.7. The zero-order valence-corrected chi connectivity index (χ0v) is 28.9. The Morgan fingerprint density at radius 2 is 1.65 bits per heavy atom. The zero-order valence-electron chi connectivity index (χ0n) is 28.9. The molecule has 3 aliphatic rings. The Kier molecular flexibility index (Phi) is 8.34. The summed E-state index contributed by atoms with van der Waals surface area (Å²) in [7, 11) is 1.87. The average Bonchev–Trinajstić information content (AvgIpc) is 3.68. The molecule has 0 spiro atoms. The van der Waals surface area contributed by atoms with E-state index in [0.717, 1.165) is 56.7 Å². The fourth-order valence-corrected chi connectivity index (χ4v) is 7.37. The van der Waals surface area contributed by atoms with Crippen molar-refractivity contribution < 1.29 is 14.4 Å². The van der Waals surface area contributed by atoms with Crippen molar-refractivity contribution in [3.8, 4) is 0 Å². The highest BCUT2D eigenvalue weighted by Gasteiger charge is 2.34. The van der Waals surface area contributed by atoms with E-state index in [1.807, 2.05) is 30.1 Å². The third-order valence-electron chi connectivity index (χ3n) is 10.2. The van der Waals surface area contributed by atoms with Gasteiger partial charge in [-0.2, -0.15) is 10.1 Å². The van der Waals surface area contributed by atoms with E-state index >= 15 is 0 Å². The molecule has 13 heteroatoms. The van der Waals surface area contributed by atoms with Gasteiger partial charge >= 0.3 is 0 Å². The van der Waals surface area contributed by atoms with E-state index in [9.17, 15) is 14.4 Å². The summed E-state index contributed by atoms with van der Waals surface area (Å²) in [6.07, 6.45) is 3.47. The number of nitrogens with zero attached hydrogens (tertiary/aromatic N) is 6. The highest BCUT2D eigenvalue weighted by molar-refractivity contribution is 6.00. The average molecular weight is 685 g/mol. The van der Waals surface area contributed by atoms with Crippen LogP contribution in [0.15, 0.2) is 60.8 Å². The van der Waals surface area contributed by atoms with E-state index in [1.165, 1.54) is 5.56 Å². The van der Waals surface area contributed by atoms with Crippen molar-refractivity contribution in [3.05, 3.63) is 94.2 Å². The lowest BCUT2D eigenvalue weighted by Gasteiger charge is -2.29. The van der Waals surface area contributed by atoms with Crippen molar-refractivity contribution in [1.82, 2.24) is 34.9 Å². The summed E-state index contributed by atoms with van der Waals surface area (Å²) < 4.78 is 1.75. The molecule has 13 nitrogen and oxygen atoms in total. The number of carbonyl (C=O) groups excluding carboxylic acids is 3. The fourth-order valence-electron chi connectivity index (χ4n) is 7.37. The number of rotatable bonds is 8. The van der Waals surface area contributed by atoms with Crippen molar-refractivity contribution >= 4 is 57.6 Å². The largest absolute Gasteiger partial charge is 0.376 e. The molecule has 0 saturated carbocycles. The predicted molar refractivity (Wildman–Crippen MR) is 195 cm³/mol. The summed E-state index contributed by atoms with van der Waals surface area (Å²) in [5.41, 5.74) is 10.3. The molecule has 260 valence electrons. The van der Waals surface area contributed by atoms with Crippen LogP contribution in [0.4, 0.5) is 28.8 Å². The summed E-state index contributed by atoms with van der Waals surface area (Å²) in [6.45, 7) is 6.80. The van der Waals surface area contributed by atoms with E-state index in [-0.39, 0.29) is 30.3 Å². The number of nitrogens with one attached hydrogen (secondary N) is 4. The summed E-state index contributed by atoms with van der Waals surface area (Å²) in [5, 5.41) is 18.1. The second-order valence-corrected chi connectivity index (χ2v) is 13.7. The van der Waals surface area contributed by atoms with E-state index in [1.54, 1.807) is 10.9 Å². The van der Waals surface area contributed by atoms with E-state index in [4.69, 9.17) is 4.98 Å². The van der Waals surface area contributed by atoms with Crippen molar-refractivity contribution in [1.29, 1.82) is 0 Å². The van der Waals surface area contributed by atoms with Gasteiger partial charge in [0.05, 0.1) is 18.0 Å². The van der Waals surface area contributed by atoms with Gasteiger partial charge in [-0.15, -0.1) is 0 Å².